The van der Waals surface area contributed by atoms with Gasteiger partial charge in [0.05, 0.1) is 11.1 Å². The molecule has 1 aromatic heterocycles. The lowest BCUT2D eigenvalue weighted by Crippen LogP contribution is -2.23. The number of carbonyl (C=O) groups is 1. The van der Waals surface area contributed by atoms with Crippen molar-refractivity contribution in [2.24, 2.45) is 0 Å². The lowest BCUT2D eigenvalue weighted by Gasteiger charge is -2.18. The molecule has 0 unspecified atom stereocenters. The number of thiol groups is 1. The van der Waals surface area contributed by atoms with Crippen LogP contribution in [0.2, 0.25) is 0 Å². The summed E-state index contributed by atoms with van der Waals surface area (Å²) in [7, 11) is 0. The predicted octanol–water partition coefficient (Wildman–Crippen LogP) is 3.97. The predicted molar refractivity (Wildman–Crippen MR) is 89.2 cm³/mol. The Labute approximate surface area is 131 Å². The van der Waals surface area contributed by atoms with Crippen molar-refractivity contribution >= 4 is 29.5 Å². The minimum atomic E-state index is -0.347. The second-order valence-electron chi connectivity index (χ2n) is 5.82. The molecule has 2 aromatic rings. The Kier molecular flexibility index (Phi) is 4.57. The third-order valence-electron chi connectivity index (χ3n) is 3.33. The van der Waals surface area contributed by atoms with Crippen molar-refractivity contribution in [3.05, 3.63) is 41.1 Å². The molecule has 0 bridgehead atoms. The van der Waals surface area contributed by atoms with E-state index in [1.165, 1.54) is 0 Å². The summed E-state index contributed by atoms with van der Waals surface area (Å²) < 4.78 is 5.09. The molecule has 0 saturated carbocycles. The Bertz CT molecular complexity index is 674. The van der Waals surface area contributed by atoms with E-state index in [1.807, 2.05) is 52.0 Å². The molecule has 2 rings (SSSR count). The highest BCUT2D eigenvalue weighted by Gasteiger charge is 2.21. The molecule has 0 N–H and O–H groups in total. The Morgan fingerprint density at radius 3 is 2.62 bits per heavy atom. The van der Waals surface area contributed by atoms with Gasteiger partial charge in [-0.05, 0) is 38.8 Å². The van der Waals surface area contributed by atoms with Crippen LogP contribution in [-0.2, 0) is 11.2 Å². The highest BCUT2D eigenvalue weighted by Crippen LogP contribution is 2.25. The van der Waals surface area contributed by atoms with Crippen LogP contribution >= 0.6 is 12.6 Å². The second-order valence-corrected chi connectivity index (χ2v) is 7.03. The summed E-state index contributed by atoms with van der Waals surface area (Å²) >= 11 is 4.39. The van der Waals surface area contributed by atoms with E-state index >= 15 is 0 Å². The minimum absolute atomic E-state index is 0.270. The van der Waals surface area contributed by atoms with Crippen LogP contribution in [0.3, 0.4) is 0 Å². The first kappa shape index (κ1) is 15.8. The number of benzene rings is 1. The SMILES string of the molecule is CCc1nc2ccccc2c(C(=O)OCC(C)(C)S)c1C. The van der Waals surface area contributed by atoms with Crippen LogP contribution < -0.4 is 0 Å². The molecular weight excluding hydrogens is 282 g/mol. The quantitative estimate of drug-likeness (QED) is 0.686. The zero-order valence-electron chi connectivity index (χ0n) is 12.9. The number of hydrogen-bond acceptors (Lipinski definition) is 4. The van der Waals surface area contributed by atoms with E-state index in [1.54, 1.807) is 0 Å². The normalized spacial score (nSPS) is 11.7. The first-order chi connectivity index (χ1) is 9.83. The summed E-state index contributed by atoms with van der Waals surface area (Å²) in [6, 6.07) is 7.68. The van der Waals surface area contributed by atoms with Gasteiger partial charge in [-0.15, -0.1) is 0 Å². The number of hydrogen-bond donors (Lipinski definition) is 1. The van der Waals surface area contributed by atoms with E-state index < -0.39 is 0 Å². The molecule has 1 aromatic carbocycles. The molecule has 0 spiro atoms. The van der Waals surface area contributed by atoms with Gasteiger partial charge in [0.1, 0.15) is 6.61 Å². The zero-order chi connectivity index (χ0) is 15.6. The summed E-state index contributed by atoms with van der Waals surface area (Å²) in [5, 5.41) is 0.842. The monoisotopic (exact) mass is 303 g/mol. The van der Waals surface area contributed by atoms with Crippen LogP contribution in [0, 0.1) is 6.92 Å². The van der Waals surface area contributed by atoms with Crippen molar-refractivity contribution in [1.29, 1.82) is 0 Å². The zero-order valence-corrected chi connectivity index (χ0v) is 13.8. The summed E-state index contributed by atoms with van der Waals surface area (Å²) in [6.07, 6.45) is 0.787. The molecule has 3 nitrogen and oxygen atoms in total. The van der Waals surface area contributed by atoms with Gasteiger partial charge in [0.2, 0.25) is 0 Å². The van der Waals surface area contributed by atoms with E-state index in [9.17, 15) is 4.79 Å². The van der Waals surface area contributed by atoms with Gasteiger partial charge in [-0.2, -0.15) is 12.6 Å². The topological polar surface area (TPSA) is 39.2 Å². The lowest BCUT2D eigenvalue weighted by molar-refractivity contribution is 0.0480. The molecule has 0 aliphatic heterocycles. The molecule has 4 heteroatoms. The second kappa shape index (κ2) is 6.06. The maximum Gasteiger partial charge on any atom is 0.339 e. The van der Waals surface area contributed by atoms with Gasteiger partial charge in [0.25, 0.3) is 0 Å². The van der Waals surface area contributed by atoms with Crippen LogP contribution in [0.25, 0.3) is 10.9 Å². The molecule has 0 atom stereocenters. The van der Waals surface area contributed by atoms with E-state index in [4.69, 9.17) is 4.74 Å². The van der Waals surface area contributed by atoms with E-state index in [0.717, 1.165) is 28.6 Å². The Morgan fingerprint density at radius 1 is 1.33 bits per heavy atom. The van der Waals surface area contributed by atoms with E-state index in [2.05, 4.69) is 17.6 Å². The molecule has 0 aliphatic carbocycles. The number of esters is 1. The Morgan fingerprint density at radius 2 is 2.00 bits per heavy atom. The van der Waals surface area contributed by atoms with Gasteiger partial charge >= 0.3 is 5.97 Å². The Hall–Kier alpha value is -1.55. The minimum Gasteiger partial charge on any atom is -0.461 e. The van der Waals surface area contributed by atoms with Crippen molar-refractivity contribution in [1.82, 2.24) is 4.98 Å². The fourth-order valence-electron chi connectivity index (χ4n) is 2.28. The maximum absolute atomic E-state index is 12.5. The van der Waals surface area contributed by atoms with Gasteiger partial charge < -0.3 is 4.74 Å². The van der Waals surface area contributed by atoms with Crippen LogP contribution in [0.15, 0.2) is 24.3 Å². The number of nitrogens with zero attached hydrogens (tertiary/aromatic N) is 1. The van der Waals surface area contributed by atoms with Crippen LogP contribution in [0.5, 0.6) is 0 Å². The fourth-order valence-corrected chi connectivity index (χ4v) is 2.34. The summed E-state index contributed by atoms with van der Waals surface area (Å²) in [5.41, 5.74) is 3.29. The molecule has 112 valence electrons. The lowest BCUT2D eigenvalue weighted by atomic mass is 10.0. The van der Waals surface area contributed by atoms with Gasteiger partial charge in [-0.1, -0.05) is 25.1 Å². The fraction of sp³-hybridized carbons (Fsp3) is 0.412. The smallest absolute Gasteiger partial charge is 0.339 e. The molecule has 0 amide bonds. The van der Waals surface area contributed by atoms with Crippen molar-refractivity contribution in [2.75, 3.05) is 6.61 Å². The third-order valence-corrected chi connectivity index (χ3v) is 3.46. The molecule has 0 aliphatic rings. The molecule has 0 fully saturated rings. The Balaban J connectivity index is 2.50. The van der Waals surface area contributed by atoms with Gasteiger partial charge in [-0.3, -0.25) is 4.98 Å². The highest BCUT2D eigenvalue weighted by molar-refractivity contribution is 7.81. The molecular formula is C17H21NO2S. The summed E-state index contributed by atoms with van der Waals surface area (Å²) in [5.74, 6) is -0.303. The van der Waals surface area contributed by atoms with Gasteiger partial charge in [-0.25, -0.2) is 4.79 Å². The van der Waals surface area contributed by atoms with Crippen molar-refractivity contribution in [3.8, 4) is 0 Å². The van der Waals surface area contributed by atoms with Crippen LogP contribution in [0.4, 0.5) is 0 Å². The first-order valence-corrected chi connectivity index (χ1v) is 7.56. The number of fused-ring (bicyclic) bond motifs is 1. The van der Waals surface area contributed by atoms with Crippen molar-refractivity contribution in [2.45, 2.75) is 38.9 Å². The number of aromatic nitrogens is 1. The average Bonchev–Trinajstić information content (AvgIpc) is 2.43. The molecule has 1 heterocycles. The van der Waals surface area contributed by atoms with E-state index in [0.29, 0.717) is 5.56 Å². The highest BCUT2D eigenvalue weighted by atomic mass is 32.1. The number of rotatable bonds is 4. The third kappa shape index (κ3) is 3.56. The van der Waals surface area contributed by atoms with Crippen molar-refractivity contribution in [3.63, 3.8) is 0 Å². The van der Waals surface area contributed by atoms with Gasteiger partial charge in [0, 0.05) is 15.8 Å². The molecule has 0 radical (unpaired) electrons. The van der Waals surface area contributed by atoms with Crippen LogP contribution in [0.1, 0.15) is 42.4 Å². The number of pyridine rings is 1. The number of carbonyl (C=O) groups excluding carboxylic acids is 1. The first-order valence-electron chi connectivity index (χ1n) is 7.11. The van der Waals surface area contributed by atoms with Crippen molar-refractivity contribution < 1.29 is 9.53 Å². The number of ether oxygens (including phenoxy) is 1. The average molecular weight is 303 g/mol. The number of aryl methyl sites for hydroxylation is 1. The van der Waals surface area contributed by atoms with E-state index in [-0.39, 0.29) is 17.3 Å². The molecule has 21 heavy (non-hydrogen) atoms. The summed E-state index contributed by atoms with van der Waals surface area (Å²) in [4.78, 5) is 17.1. The maximum atomic E-state index is 12.5. The summed E-state index contributed by atoms with van der Waals surface area (Å²) in [6.45, 7) is 8.07. The number of para-hydroxylation sites is 1. The van der Waals surface area contributed by atoms with Crippen LogP contribution in [-0.4, -0.2) is 22.3 Å². The standard InChI is InChI=1S/C17H21NO2S/c1-5-13-11(2)15(16(19)20-10-17(3,4)21)12-8-6-7-9-14(12)18-13/h6-9,21H,5,10H2,1-4H3. The largest absolute Gasteiger partial charge is 0.461 e. The molecule has 0 saturated heterocycles. The van der Waals surface area contributed by atoms with Gasteiger partial charge in [0.15, 0.2) is 0 Å².